The molecule has 148 valence electrons. The molecule has 0 aliphatic heterocycles. The maximum absolute atomic E-state index is 4.21. The van der Waals surface area contributed by atoms with Gasteiger partial charge in [0.15, 0.2) is 0 Å². The smallest absolute Gasteiger partial charge is 0.0144 e. The van der Waals surface area contributed by atoms with Gasteiger partial charge in [0.1, 0.15) is 0 Å². The SMILES string of the molecule is C=CC(C)(C)C1CCC2C3CCC4(C)CC(C)CCC4(C)C3CCC21C. The summed E-state index contributed by atoms with van der Waals surface area (Å²) in [6, 6.07) is 0. The molecule has 0 radical (unpaired) electrons. The highest BCUT2D eigenvalue weighted by Crippen LogP contribution is 2.72. The van der Waals surface area contributed by atoms with Crippen LogP contribution in [0.25, 0.3) is 0 Å². The largest absolute Gasteiger partial charge is 0.103 e. The van der Waals surface area contributed by atoms with Gasteiger partial charge in [-0.3, -0.25) is 0 Å². The summed E-state index contributed by atoms with van der Waals surface area (Å²) in [4.78, 5) is 0. The summed E-state index contributed by atoms with van der Waals surface area (Å²) in [5.74, 6) is 4.77. The van der Waals surface area contributed by atoms with Crippen LogP contribution in [0.2, 0.25) is 0 Å². The minimum absolute atomic E-state index is 0.295. The molecule has 0 saturated heterocycles. The first-order chi connectivity index (χ1) is 12.1. The average Bonchev–Trinajstić information content (AvgIpc) is 2.94. The Labute approximate surface area is 163 Å². The third kappa shape index (κ3) is 2.39. The van der Waals surface area contributed by atoms with E-state index in [-0.39, 0.29) is 0 Å². The molecule has 26 heavy (non-hydrogen) atoms. The maximum atomic E-state index is 4.21. The molecule has 0 aromatic heterocycles. The Hall–Kier alpha value is -0.260. The van der Waals surface area contributed by atoms with Gasteiger partial charge in [-0.1, -0.05) is 54.0 Å². The lowest BCUT2D eigenvalue weighted by Crippen LogP contribution is -2.57. The summed E-state index contributed by atoms with van der Waals surface area (Å²) in [6.45, 7) is 19.7. The minimum Gasteiger partial charge on any atom is -0.103 e. The highest BCUT2D eigenvalue weighted by Gasteiger charge is 2.64. The molecule has 0 bridgehead atoms. The van der Waals surface area contributed by atoms with Crippen molar-refractivity contribution in [2.45, 2.75) is 99.3 Å². The van der Waals surface area contributed by atoms with Crippen LogP contribution in [0.3, 0.4) is 0 Å². The zero-order chi connectivity index (χ0) is 19.0. The molecule has 4 rings (SSSR count). The van der Waals surface area contributed by atoms with Gasteiger partial charge >= 0.3 is 0 Å². The molecule has 4 fully saturated rings. The van der Waals surface area contributed by atoms with E-state index in [0.717, 1.165) is 29.6 Å². The second-order valence-corrected chi connectivity index (χ2v) is 12.4. The number of rotatable bonds is 2. The molecule has 0 heterocycles. The van der Waals surface area contributed by atoms with Crippen molar-refractivity contribution in [2.75, 3.05) is 0 Å². The highest BCUT2D eigenvalue weighted by molar-refractivity contribution is 5.14. The fourth-order valence-electron chi connectivity index (χ4n) is 9.30. The molecule has 0 nitrogen and oxygen atoms in total. The summed E-state index contributed by atoms with van der Waals surface area (Å²) in [5, 5.41) is 0. The van der Waals surface area contributed by atoms with Gasteiger partial charge in [0.05, 0.1) is 0 Å². The van der Waals surface area contributed by atoms with Crippen LogP contribution >= 0.6 is 0 Å². The third-order valence-corrected chi connectivity index (χ3v) is 11.0. The molecule has 8 unspecified atom stereocenters. The topological polar surface area (TPSA) is 0 Å². The van der Waals surface area contributed by atoms with Crippen LogP contribution < -0.4 is 0 Å². The fraction of sp³-hybridized carbons (Fsp3) is 0.923. The standard InChI is InChI=1S/C26H44/c1-8-23(3,4)22-10-9-20-19-12-14-24(5)17-18(2)11-16-26(24,7)21(19)13-15-25(20,22)6/h8,18-22H,1,9-17H2,2-7H3. The lowest BCUT2D eigenvalue weighted by molar-refractivity contribution is -0.163. The van der Waals surface area contributed by atoms with E-state index in [1.165, 1.54) is 57.8 Å². The summed E-state index contributed by atoms with van der Waals surface area (Å²) in [6.07, 6.45) is 15.6. The van der Waals surface area contributed by atoms with E-state index >= 15 is 0 Å². The van der Waals surface area contributed by atoms with Gasteiger partial charge in [-0.25, -0.2) is 0 Å². The summed E-state index contributed by atoms with van der Waals surface area (Å²) in [7, 11) is 0. The van der Waals surface area contributed by atoms with Crippen LogP contribution in [-0.2, 0) is 0 Å². The Morgan fingerprint density at radius 1 is 0.885 bits per heavy atom. The maximum Gasteiger partial charge on any atom is -0.0144 e. The summed E-state index contributed by atoms with van der Waals surface area (Å²) >= 11 is 0. The van der Waals surface area contributed by atoms with Crippen LogP contribution in [-0.4, -0.2) is 0 Å². The van der Waals surface area contributed by atoms with Crippen LogP contribution in [0.1, 0.15) is 99.3 Å². The van der Waals surface area contributed by atoms with Crippen molar-refractivity contribution >= 4 is 0 Å². The first kappa shape index (κ1) is 19.1. The first-order valence-electron chi connectivity index (χ1n) is 11.7. The van der Waals surface area contributed by atoms with Gasteiger partial charge in [0, 0.05) is 0 Å². The average molecular weight is 357 g/mol. The zero-order valence-corrected chi connectivity index (χ0v) is 18.5. The molecule has 0 N–H and O–H groups in total. The van der Waals surface area contributed by atoms with E-state index < -0.39 is 0 Å². The lowest BCUT2D eigenvalue weighted by atomic mass is 9.39. The molecule has 4 aliphatic rings. The van der Waals surface area contributed by atoms with Crippen LogP contribution in [0, 0.1) is 51.2 Å². The number of allylic oxidation sites excluding steroid dienone is 1. The Morgan fingerprint density at radius 2 is 1.62 bits per heavy atom. The van der Waals surface area contributed by atoms with Gasteiger partial charge in [-0.05, 0) is 103 Å². The van der Waals surface area contributed by atoms with Crippen molar-refractivity contribution in [3.63, 3.8) is 0 Å². The number of fused-ring (bicyclic) bond motifs is 5. The van der Waals surface area contributed by atoms with Crippen molar-refractivity contribution < 1.29 is 0 Å². The van der Waals surface area contributed by atoms with E-state index in [2.05, 4.69) is 54.2 Å². The molecule has 4 saturated carbocycles. The van der Waals surface area contributed by atoms with E-state index in [9.17, 15) is 0 Å². The van der Waals surface area contributed by atoms with E-state index in [1.54, 1.807) is 0 Å². The van der Waals surface area contributed by atoms with Crippen LogP contribution in [0.4, 0.5) is 0 Å². The summed E-state index contributed by atoms with van der Waals surface area (Å²) in [5.41, 5.74) is 2.07. The van der Waals surface area contributed by atoms with Gasteiger partial charge in [0.25, 0.3) is 0 Å². The second-order valence-electron chi connectivity index (χ2n) is 12.4. The van der Waals surface area contributed by atoms with E-state index in [0.29, 0.717) is 21.7 Å². The van der Waals surface area contributed by atoms with Gasteiger partial charge < -0.3 is 0 Å². The Morgan fingerprint density at radius 3 is 2.31 bits per heavy atom. The molecule has 0 aromatic rings. The predicted molar refractivity (Wildman–Crippen MR) is 113 cm³/mol. The molecular formula is C26H44. The van der Waals surface area contributed by atoms with Crippen LogP contribution in [0.5, 0.6) is 0 Å². The van der Waals surface area contributed by atoms with Crippen molar-refractivity contribution in [1.29, 1.82) is 0 Å². The third-order valence-electron chi connectivity index (χ3n) is 11.0. The van der Waals surface area contributed by atoms with Gasteiger partial charge in [-0.15, -0.1) is 6.58 Å². The molecular weight excluding hydrogens is 312 g/mol. The van der Waals surface area contributed by atoms with Gasteiger partial charge in [0.2, 0.25) is 0 Å². The van der Waals surface area contributed by atoms with E-state index in [4.69, 9.17) is 0 Å². The zero-order valence-electron chi connectivity index (χ0n) is 18.5. The monoisotopic (exact) mass is 356 g/mol. The molecule has 4 aliphatic carbocycles. The Kier molecular flexibility index (Phi) is 4.31. The number of hydrogen-bond acceptors (Lipinski definition) is 0. The normalized spacial score (nSPS) is 54.2. The quantitative estimate of drug-likeness (QED) is 0.441. The van der Waals surface area contributed by atoms with Crippen molar-refractivity contribution in [2.24, 2.45) is 51.2 Å². The fourth-order valence-corrected chi connectivity index (χ4v) is 9.30. The van der Waals surface area contributed by atoms with Crippen molar-refractivity contribution in [3.8, 4) is 0 Å². The van der Waals surface area contributed by atoms with Crippen LogP contribution in [0.15, 0.2) is 12.7 Å². The Balaban J connectivity index is 1.64. The number of hydrogen-bond donors (Lipinski definition) is 0. The first-order valence-corrected chi connectivity index (χ1v) is 11.7. The lowest BCUT2D eigenvalue weighted by Gasteiger charge is -2.65. The van der Waals surface area contributed by atoms with Crippen molar-refractivity contribution in [3.05, 3.63) is 12.7 Å². The minimum atomic E-state index is 0.295. The highest BCUT2D eigenvalue weighted by atomic mass is 14.7. The molecule has 8 atom stereocenters. The van der Waals surface area contributed by atoms with Crippen molar-refractivity contribution in [1.82, 2.24) is 0 Å². The van der Waals surface area contributed by atoms with Gasteiger partial charge in [-0.2, -0.15) is 0 Å². The second kappa shape index (κ2) is 5.87. The predicted octanol–water partition coefficient (Wildman–Crippen LogP) is 7.88. The Bertz CT molecular complexity index is 573. The molecule has 0 amide bonds. The molecule has 0 heteroatoms. The molecule has 0 aromatic carbocycles. The molecule has 0 spiro atoms. The van der Waals surface area contributed by atoms with E-state index in [1.807, 2.05) is 0 Å². The summed E-state index contributed by atoms with van der Waals surface area (Å²) < 4.78 is 0.